The van der Waals surface area contributed by atoms with E-state index in [0.29, 0.717) is 29.3 Å². The van der Waals surface area contributed by atoms with E-state index in [1.807, 2.05) is 30.3 Å². The zero-order valence-electron chi connectivity index (χ0n) is 17.2. The van der Waals surface area contributed by atoms with Crippen LogP contribution >= 0.6 is 0 Å². The zero-order valence-corrected chi connectivity index (χ0v) is 18.0. The Balaban J connectivity index is 1.71. The summed E-state index contributed by atoms with van der Waals surface area (Å²) in [6.45, 7) is 6.37. The molecule has 1 aliphatic rings. The third-order valence-corrected chi connectivity index (χ3v) is 7.34. The molecule has 0 unspecified atom stereocenters. The predicted molar refractivity (Wildman–Crippen MR) is 121 cm³/mol. The van der Waals surface area contributed by atoms with Crippen molar-refractivity contribution in [2.75, 3.05) is 16.2 Å². The van der Waals surface area contributed by atoms with Crippen molar-refractivity contribution in [1.29, 1.82) is 0 Å². The molecule has 0 aliphatic carbocycles. The molecule has 1 amide bonds. The van der Waals surface area contributed by atoms with Gasteiger partial charge in [-0.25, -0.2) is 8.42 Å². The summed E-state index contributed by atoms with van der Waals surface area (Å²) in [5.74, 6) is 0.192. The average Bonchev–Trinajstić information content (AvgIpc) is 2.74. The fourth-order valence-electron chi connectivity index (χ4n) is 3.77. The van der Waals surface area contributed by atoms with E-state index in [-0.39, 0.29) is 10.8 Å². The van der Waals surface area contributed by atoms with Crippen LogP contribution in [0.2, 0.25) is 0 Å². The number of carbonyl (C=O) groups excluding carboxylic acids is 1. The molecule has 0 radical (unpaired) electrons. The van der Waals surface area contributed by atoms with Gasteiger partial charge in [-0.3, -0.25) is 9.10 Å². The van der Waals surface area contributed by atoms with Crippen molar-refractivity contribution in [1.82, 2.24) is 0 Å². The van der Waals surface area contributed by atoms with E-state index >= 15 is 0 Å². The number of hydrogen-bond donors (Lipinski definition) is 1. The van der Waals surface area contributed by atoms with Crippen LogP contribution in [0.25, 0.3) is 11.1 Å². The lowest BCUT2D eigenvalue weighted by Crippen LogP contribution is -2.34. The molecule has 0 aromatic heterocycles. The van der Waals surface area contributed by atoms with Gasteiger partial charge in [0.25, 0.3) is 15.9 Å². The minimum absolute atomic E-state index is 0.232. The summed E-state index contributed by atoms with van der Waals surface area (Å²) in [4.78, 5) is 13.1. The molecule has 0 saturated heterocycles. The highest BCUT2D eigenvalue weighted by Gasteiger charge is 2.34. The largest absolute Gasteiger partial charge is 0.322 e. The Hall–Kier alpha value is -3.12. The highest BCUT2D eigenvalue weighted by atomic mass is 32.2. The van der Waals surface area contributed by atoms with Gasteiger partial charge in [-0.05, 0) is 54.8 Å². The van der Waals surface area contributed by atoms with Gasteiger partial charge in [-0.15, -0.1) is 0 Å². The number of rotatable bonds is 4. The van der Waals surface area contributed by atoms with E-state index in [9.17, 15) is 13.2 Å². The van der Waals surface area contributed by atoms with E-state index in [1.54, 1.807) is 43.3 Å². The van der Waals surface area contributed by atoms with Crippen LogP contribution < -0.4 is 9.62 Å². The number of nitrogens with one attached hydrogen (secondary N) is 1. The maximum Gasteiger partial charge on any atom is 0.264 e. The second kappa shape index (κ2) is 7.61. The topological polar surface area (TPSA) is 66.5 Å². The van der Waals surface area contributed by atoms with Crippen molar-refractivity contribution >= 4 is 27.3 Å². The Morgan fingerprint density at radius 3 is 2.33 bits per heavy atom. The SMILES string of the molecule is CCN1c2ccc(C(=O)Nc3ccc(C(C)C)cc3)cc2-c2ccccc2S1(=O)=O. The molecule has 3 aromatic carbocycles. The number of hydrogen-bond acceptors (Lipinski definition) is 3. The van der Waals surface area contributed by atoms with Crippen LogP contribution in [-0.2, 0) is 10.0 Å². The van der Waals surface area contributed by atoms with Gasteiger partial charge < -0.3 is 5.32 Å². The molecule has 0 bridgehead atoms. The van der Waals surface area contributed by atoms with Gasteiger partial charge in [0.1, 0.15) is 0 Å². The van der Waals surface area contributed by atoms with Gasteiger partial charge in [0.05, 0.1) is 10.6 Å². The summed E-state index contributed by atoms with van der Waals surface area (Å²) in [7, 11) is -3.61. The molecule has 0 saturated carbocycles. The van der Waals surface area contributed by atoms with Crippen molar-refractivity contribution in [2.24, 2.45) is 0 Å². The predicted octanol–water partition coefficient (Wildman–Crippen LogP) is 5.26. The fourth-order valence-corrected chi connectivity index (χ4v) is 5.47. The lowest BCUT2D eigenvalue weighted by molar-refractivity contribution is 0.102. The molecule has 6 heteroatoms. The molecule has 3 aromatic rings. The standard InChI is InChI=1S/C24H24N2O3S/c1-4-26-22-14-11-18(24(27)25-19-12-9-17(10-13-19)16(2)3)15-21(22)20-7-5-6-8-23(20)30(26,28)29/h5-16H,4H2,1-3H3,(H,25,27). The van der Waals surface area contributed by atoms with Gasteiger partial charge in [-0.2, -0.15) is 0 Å². The molecule has 1 N–H and O–H groups in total. The Kier molecular flexibility index (Phi) is 5.12. The zero-order chi connectivity index (χ0) is 21.5. The van der Waals surface area contributed by atoms with E-state index in [1.165, 1.54) is 9.87 Å². The summed E-state index contributed by atoms with van der Waals surface area (Å²) in [5, 5.41) is 2.93. The maximum absolute atomic E-state index is 13.0. The van der Waals surface area contributed by atoms with E-state index in [0.717, 1.165) is 11.3 Å². The monoisotopic (exact) mass is 420 g/mol. The van der Waals surface area contributed by atoms with Gasteiger partial charge in [0, 0.05) is 28.9 Å². The van der Waals surface area contributed by atoms with Crippen LogP contribution in [0.4, 0.5) is 11.4 Å². The molecule has 0 fully saturated rings. The maximum atomic E-state index is 13.0. The summed E-state index contributed by atoms with van der Waals surface area (Å²) in [5.41, 5.74) is 4.36. The minimum atomic E-state index is -3.61. The number of fused-ring (bicyclic) bond motifs is 3. The fraction of sp³-hybridized carbons (Fsp3) is 0.208. The first-order chi connectivity index (χ1) is 14.3. The first-order valence-electron chi connectivity index (χ1n) is 10.0. The van der Waals surface area contributed by atoms with Crippen LogP contribution in [0.5, 0.6) is 0 Å². The molecular weight excluding hydrogens is 396 g/mol. The summed E-state index contributed by atoms with van der Waals surface area (Å²) in [6.07, 6.45) is 0. The van der Waals surface area contributed by atoms with E-state index in [4.69, 9.17) is 0 Å². The van der Waals surface area contributed by atoms with Crippen molar-refractivity contribution < 1.29 is 13.2 Å². The van der Waals surface area contributed by atoms with Crippen LogP contribution in [-0.4, -0.2) is 20.9 Å². The highest BCUT2D eigenvalue weighted by Crippen LogP contribution is 2.43. The molecule has 0 atom stereocenters. The smallest absolute Gasteiger partial charge is 0.264 e. The number of benzene rings is 3. The van der Waals surface area contributed by atoms with E-state index in [2.05, 4.69) is 19.2 Å². The molecule has 154 valence electrons. The third kappa shape index (κ3) is 3.37. The molecule has 5 nitrogen and oxygen atoms in total. The van der Waals surface area contributed by atoms with Crippen LogP contribution in [0.15, 0.2) is 71.6 Å². The summed E-state index contributed by atoms with van der Waals surface area (Å²) >= 11 is 0. The third-order valence-electron chi connectivity index (χ3n) is 5.40. The molecule has 4 rings (SSSR count). The molecule has 0 spiro atoms. The van der Waals surface area contributed by atoms with Crippen LogP contribution in [0.3, 0.4) is 0 Å². The van der Waals surface area contributed by atoms with Gasteiger partial charge in [0.2, 0.25) is 0 Å². The number of anilines is 2. The summed E-state index contributed by atoms with van der Waals surface area (Å²) in [6, 6.07) is 19.9. The second-order valence-electron chi connectivity index (χ2n) is 7.63. The molecular formula is C24H24N2O3S. The second-order valence-corrected chi connectivity index (χ2v) is 9.46. The van der Waals surface area contributed by atoms with Crippen molar-refractivity contribution in [3.63, 3.8) is 0 Å². The first-order valence-corrected chi connectivity index (χ1v) is 11.4. The molecule has 1 aliphatic heterocycles. The first kappa shape index (κ1) is 20.2. The minimum Gasteiger partial charge on any atom is -0.322 e. The Bertz CT molecular complexity index is 1220. The van der Waals surface area contributed by atoms with Crippen molar-refractivity contribution in [3.05, 3.63) is 77.9 Å². The molecule has 30 heavy (non-hydrogen) atoms. The Morgan fingerprint density at radius 1 is 0.967 bits per heavy atom. The normalized spacial score (nSPS) is 14.2. The quantitative estimate of drug-likeness (QED) is 0.626. The van der Waals surface area contributed by atoms with Gasteiger partial charge in [0.15, 0.2) is 0 Å². The number of carbonyl (C=O) groups is 1. The number of sulfonamides is 1. The Labute approximate surface area is 177 Å². The lowest BCUT2D eigenvalue weighted by Gasteiger charge is -2.31. The van der Waals surface area contributed by atoms with Gasteiger partial charge >= 0.3 is 0 Å². The highest BCUT2D eigenvalue weighted by molar-refractivity contribution is 7.93. The number of nitrogens with zero attached hydrogens (tertiary/aromatic N) is 1. The average molecular weight is 421 g/mol. The summed E-state index contributed by atoms with van der Waals surface area (Å²) < 4.78 is 27.3. The number of amides is 1. The van der Waals surface area contributed by atoms with Crippen LogP contribution in [0, 0.1) is 0 Å². The van der Waals surface area contributed by atoms with Crippen LogP contribution in [0.1, 0.15) is 42.6 Å². The molecule has 1 heterocycles. The van der Waals surface area contributed by atoms with Crippen molar-refractivity contribution in [3.8, 4) is 11.1 Å². The van der Waals surface area contributed by atoms with Gasteiger partial charge in [-0.1, -0.05) is 44.2 Å². The lowest BCUT2D eigenvalue weighted by atomic mass is 9.99. The van der Waals surface area contributed by atoms with E-state index < -0.39 is 10.0 Å². The van der Waals surface area contributed by atoms with Crippen molar-refractivity contribution in [2.45, 2.75) is 31.6 Å². The Morgan fingerprint density at radius 2 is 1.67 bits per heavy atom.